The first-order valence-corrected chi connectivity index (χ1v) is 6.82. The van der Waals surface area contributed by atoms with Crippen LogP contribution in [0.5, 0.6) is 0 Å². The molecule has 0 saturated heterocycles. The Morgan fingerprint density at radius 1 is 1.42 bits per heavy atom. The van der Waals surface area contributed by atoms with Crippen LogP contribution in [0.3, 0.4) is 0 Å². The Morgan fingerprint density at radius 2 is 2.05 bits per heavy atom. The van der Waals surface area contributed by atoms with Crippen LogP contribution in [0.2, 0.25) is 0 Å². The minimum atomic E-state index is -0.963. The molecule has 0 fully saturated rings. The van der Waals surface area contributed by atoms with Crippen molar-refractivity contribution in [3.8, 4) is 0 Å². The van der Waals surface area contributed by atoms with Gasteiger partial charge in [0.05, 0.1) is 0 Å². The first-order chi connectivity index (χ1) is 8.70. The minimum Gasteiger partial charge on any atom is -0.478 e. The van der Waals surface area contributed by atoms with Crippen molar-refractivity contribution in [1.29, 1.82) is 0 Å². The Balaban J connectivity index is 2.69. The molecule has 104 valence electrons. The summed E-state index contributed by atoms with van der Waals surface area (Å²) in [4.78, 5) is 25.0. The van der Waals surface area contributed by atoms with E-state index in [-0.39, 0.29) is 5.91 Å². The molecule has 0 atom stereocenters. The summed E-state index contributed by atoms with van der Waals surface area (Å²) in [5, 5.41) is 10.5. The molecule has 0 saturated carbocycles. The first kappa shape index (κ1) is 15.4. The third-order valence-electron chi connectivity index (χ3n) is 2.47. The number of thiophene rings is 1. The largest absolute Gasteiger partial charge is 0.478 e. The van der Waals surface area contributed by atoms with Crippen molar-refractivity contribution in [1.82, 2.24) is 4.90 Å². The van der Waals surface area contributed by atoms with Gasteiger partial charge in [0.1, 0.15) is 0 Å². The lowest BCUT2D eigenvalue weighted by atomic mass is 9.95. The number of carboxylic acids is 1. The summed E-state index contributed by atoms with van der Waals surface area (Å²) in [5.74, 6) is -0.878. The van der Waals surface area contributed by atoms with Crippen LogP contribution in [0.1, 0.15) is 31.2 Å². The number of nitrogens with zero attached hydrogens (tertiary/aromatic N) is 1. The summed E-state index contributed by atoms with van der Waals surface area (Å²) in [5.41, 5.74) is 0.617. The van der Waals surface area contributed by atoms with Gasteiger partial charge in [-0.3, -0.25) is 4.79 Å². The number of aliphatic carboxylic acids is 1. The second kappa shape index (κ2) is 6.02. The lowest BCUT2D eigenvalue weighted by Gasteiger charge is -2.25. The Morgan fingerprint density at radius 3 is 2.58 bits per heavy atom. The summed E-state index contributed by atoms with van der Waals surface area (Å²) in [6, 6.07) is 1.90. The summed E-state index contributed by atoms with van der Waals surface area (Å²) in [7, 11) is 1.78. The Labute approximate surface area is 117 Å². The molecule has 1 N–H and O–H groups in total. The molecule has 0 aromatic carbocycles. The van der Waals surface area contributed by atoms with Crippen molar-refractivity contribution in [2.24, 2.45) is 5.41 Å². The molecule has 19 heavy (non-hydrogen) atoms. The molecular weight excluding hydrogens is 262 g/mol. The minimum absolute atomic E-state index is 0.0846. The van der Waals surface area contributed by atoms with Crippen molar-refractivity contribution >= 4 is 29.3 Å². The second-order valence-electron chi connectivity index (χ2n) is 5.44. The first-order valence-electron chi connectivity index (χ1n) is 5.94. The normalized spacial score (nSPS) is 11.8. The Kier molecular flexibility index (Phi) is 4.89. The molecule has 0 aliphatic heterocycles. The fourth-order valence-corrected chi connectivity index (χ4v) is 2.43. The van der Waals surface area contributed by atoms with Gasteiger partial charge >= 0.3 is 5.97 Å². The van der Waals surface area contributed by atoms with Crippen molar-refractivity contribution in [3.63, 3.8) is 0 Å². The zero-order valence-corrected chi connectivity index (χ0v) is 12.5. The van der Waals surface area contributed by atoms with Gasteiger partial charge in [-0.2, -0.15) is 0 Å². The smallest absolute Gasteiger partial charge is 0.328 e. The molecule has 0 unspecified atom stereocenters. The summed E-state index contributed by atoms with van der Waals surface area (Å²) in [6.45, 7) is 6.20. The number of hydrogen-bond donors (Lipinski definition) is 1. The lowest BCUT2D eigenvalue weighted by Crippen LogP contribution is -2.36. The van der Waals surface area contributed by atoms with Gasteiger partial charge in [-0.1, -0.05) is 20.8 Å². The van der Waals surface area contributed by atoms with E-state index in [0.29, 0.717) is 6.54 Å². The maximum Gasteiger partial charge on any atom is 0.328 e. The lowest BCUT2D eigenvalue weighted by molar-refractivity contribution is -0.138. The van der Waals surface area contributed by atoms with Crippen LogP contribution in [0.15, 0.2) is 17.5 Å². The van der Waals surface area contributed by atoms with E-state index in [1.165, 1.54) is 11.3 Å². The molecule has 0 spiro atoms. The zero-order chi connectivity index (χ0) is 14.6. The zero-order valence-electron chi connectivity index (χ0n) is 11.6. The average Bonchev–Trinajstić information content (AvgIpc) is 2.71. The van der Waals surface area contributed by atoms with Gasteiger partial charge in [-0.25, -0.2) is 4.79 Å². The predicted octanol–water partition coefficient (Wildman–Crippen LogP) is 2.85. The molecule has 0 bridgehead atoms. The molecule has 1 aromatic rings. The highest BCUT2D eigenvalue weighted by atomic mass is 32.1. The van der Waals surface area contributed by atoms with Gasteiger partial charge in [-0.15, -0.1) is 11.3 Å². The van der Waals surface area contributed by atoms with Crippen LogP contribution >= 0.6 is 11.3 Å². The van der Waals surface area contributed by atoms with Crippen molar-refractivity contribution in [2.45, 2.75) is 27.3 Å². The molecule has 5 heteroatoms. The van der Waals surface area contributed by atoms with Crippen LogP contribution in [0.25, 0.3) is 6.08 Å². The fourth-order valence-electron chi connectivity index (χ4n) is 1.64. The van der Waals surface area contributed by atoms with E-state index in [0.717, 1.165) is 16.5 Å². The number of rotatable bonds is 4. The molecule has 1 rings (SSSR count). The maximum absolute atomic E-state index is 12.0. The van der Waals surface area contributed by atoms with Crippen LogP contribution in [-0.2, 0) is 16.1 Å². The molecule has 1 heterocycles. The predicted molar refractivity (Wildman–Crippen MR) is 76.9 cm³/mol. The van der Waals surface area contributed by atoms with E-state index in [4.69, 9.17) is 5.11 Å². The number of amides is 1. The van der Waals surface area contributed by atoms with E-state index in [2.05, 4.69) is 0 Å². The quantitative estimate of drug-likeness (QED) is 0.863. The number of carbonyl (C=O) groups is 2. The molecule has 0 radical (unpaired) electrons. The molecule has 0 aliphatic rings. The molecule has 1 amide bonds. The van der Waals surface area contributed by atoms with Crippen molar-refractivity contribution in [3.05, 3.63) is 28.0 Å². The van der Waals surface area contributed by atoms with Crippen LogP contribution < -0.4 is 0 Å². The number of carboxylic acid groups (broad SMARTS) is 1. The Bertz CT molecular complexity index is 497. The van der Waals surface area contributed by atoms with E-state index in [9.17, 15) is 9.59 Å². The number of carbonyl (C=O) groups excluding carboxylic acids is 1. The van der Waals surface area contributed by atoms with Gasteiger partial charge in [-0.05, 0) is 23.1 Å². The van der Waals surface area contributed by atoms with Gasteiger partial charge in [0.15, 0.2) is 0 Å². The van der Waals surface area contributed by atoms with E-state index >= 15 is 0 Å². The van der Waals surface area contributed by atoms with Gasteiger partial charge < -0.3 is 10.0 Å². The Hall–Kier alpha value is -1.62. The van der Waals surface area contributed by atoms with Crippen LogP contribution in [0.4, 0.5) is 0 Å². The number of hydrogen-bond acceptors (Lipinski definition) is 3. The molecular formula is C14H19NO3S. The van der Waals surface area contributed by atoms with Crippen LogP contribution in [0, 0.1) is 5.41 Å². The SMILES string of the molecule is CN(Cc1csc(C=CC(=O)O)c1)C(=O)C(C)(C)C. The highest BCUT2D eigenvalue weighted by molar-refractivity contribution is 7.11. The molecule has 4 nitrogen and oxygen atoms in total. The van der Waals surface area contributed by atoms with Gasteiger partial charge in [0.2, 0.25) is 5.91 Å². The summed E-state index contributed by atoms with van der Waals surface area (Å²) < 4.78 is 0. The fraction of sp³-hybridized carbons (Fsp3) is 0.429. The standard InChI is InChI=1S/C14H19NO3S/c1-14(2,3)13(18)15(4)8-10-7-11(19-9-10)5-6-12(16)17/h5-7,9H,8H2,1-4H3,(H,16,17). The topological polar surface area (TPSA) is 57.6 Å². The second-order valence-corrected chi connectivity index (χ2v) is 6.38. The van der Waals surface area contributed by atoms with Gasteiger partial charge in [0.25, 0.3) is 0 Å². The maximum atomic E-state index is 12.0. The highest BCUT2D eigenvalue weighted by Gasteiger charge is 2.24. The van der Waals surface area contributed by atoms with E-state index < -0.39 is 11.4 Å². The third kappa shape index (κ3) is 4.87. The third-order valence-corrected chi connectivity index (χ3v) is 3.42. The van der Waals surface area contributed by atoms with Gasteiger partial charge in [0, 0.05) is 30.0 Å². The van der Waals surface area contributed by atoms with Crippen LogP contribution in [-0.4, -0.2) is 28.9 Å². The monoisotopic (exact) mass is 281 g/mol. The highest BCUT2D eigenvalue weighted by Crippen LogP contribution is 2.21. The summed E-state index contributed by atoms with van der Waals surface area (Å²) >= 11 is 1.46. The average molecular weight is 281 g/mol. The molecule has 0 aliphatic carbocycles. The van der Waals surface area contributed by atoms with E-state index in [1.54, 1.807) is 18.0 Å². The van der Waals surface area contributed by atoms with E-state index in [1.807, 2.05) is 32.2 Å². The summed E-state index contributed by atoms with van der Waals surface area (Å²) in [6.07, 6.45) is 2.67. The molecule has 1 aromatic heterocycles. The van der Waals surface area contributed by atoms with Crippen molar-refractivity contribution in [2.75, 3.05) is 7.05 Å². The van der Waals surface area contributed by atoms with Crippen molar-refractivity contribution < 1.29 is 14.7 Å².